The van der Waals surface area contributed by atoms with Crippen LogP contribution in [-0.2, 0) is 6.42 Å². The SMILES string of the molecule is C1=C(c2cccs2)CCc2ccccc21. The predicted octanol–water partition coefficient (Wildman–Crippen LogP) is 4.23. The Bertz CT molecular complexity index is 492. The van der Waals surface area contributed by atoms with E-state index >= 15 is 0 Å². The summed E-state index contributed by atoms with van der Waals surface area (Å²) in [5.41, 5.74) is 4.37. The zero-order chi connectivity index (χ0) is 10.1. The summed E-state index contributed by atoms with van der Waals surface area (Å²) in [5, 5.41) is 2.15. The Morgan fingerprint density at radius 1 is 0.933 bits per heavy atom. The first-order valence-electron chi connectivity index (χ1n) is 5.26. The van der Waals surface area contributed by atoms with E-state index in [0.717, 1.165) is 0 Å². The largest absolute Gasteiger partial charge is 0.144 e. The molecule has 1 heteroatoms. The molecule has 0 unspecified atom stereocenters. The minimum atomic E-state index is 1.18. The highest BCUT2D eigenvalue weighted by Crippen LogP contribution is 2.32. The maximum atomic E-state index is 2.34. The van der Waals surface area contributed by atoms with E-state index in [9.17, 15) is 0 Å². The van der Waals surface area contributed by atoms with E-state index in [4.69, 9.17) is 0 Å². The van der Waals surface area contributed by atoms with Crippen molar-refractivity contribution in [1.29, 1.82) is 0 Å². The molecule has 0 amide bonds. The van der Waals surface area contributed by atoms with E-state index in [2.05, 4.69) is 47.9 Å². The molecule has 0 N–H and O–H groups in total. The van der Waals surface area contributed by atoms with Crippen molar-refractivity contribution in [3.8, 4) is 0 Å². The standard InChI is InChI=1S/C14H12S/c1-2-5-12-10-13(8-7-11(12)4-1)14-6-3-9-15-14/h1-6,9-10H,7-8H2. The van der Waals surface area contributed by atoms with Gasteiger partial charge in [0.25, 0.3) is 0 Å². The molecule has 0 radical (unpaired) electrons. The van der Waals surface area contributed by atoms with Crippen molar-refractivity contribution in [2.24, 2.45) is 0 Å². The number of rotatable bonds is 1. The molecule has 3 rings (SSSR count). The van der Waals surface area contributed by atoms with Gasteiger partial charge in [0.1, 0.15) is 0 Å². The van der Waals surface area contributed by atoms with Gasteiger partial charge in [0.15, 0.2) is 0 Å². The third kappa shape index (κ3) is 1.64. The molecule has 0 aliphatic heterocycles. The van der Waals surface area contributed by atoms with E-state index in [-0.39, 0.29) is 0 Å². The van der Waals surface area contributed by atoms with Crippen LogP contribution in [0.1, 0.15) is 22.4 Å². The Morgan fingerprint density at radius 2 is 1.87 bits per heavy atom. The highest BCUT2D eigenvalue weighted by Gasteiger charge is 2.11. The Balaban J connectivity index is 2.06. The van der Waals surface area contributed by atoms with E-state index in [1.54, 1.807) is 0 Å². The number of aryl methyl sites for hydroxylation is 1. The zero-order valence-electron chi connectivity index (χ0n) is 8.44. The minimum Gasteiger partial charge on any atom is -0.144 e. The molecule has 1 aromatic heterocycles. The fraction of sp³-hybridized carbons (Fsp3) is 0.143. The van der Waals surface area contributed by atoms with Crippen LogP contribution >= 0.6 is 11.3 Å². The summed E-state index contributed by atoms with van der Waals surface area (Å²) in [6.45, 7) is 0. The fourth-order valence-electron chi connectivity index (χ4n) is 2.09. The van der Waals surface area contributed by atoms with Gasteiger partial charge in [-0.2, -0.15) is 0 Å². The summed E-state index contributed by atoms with van der Waals surface area (Å²) in [6.07, 6.45) is 4.70. The van der Waals surface area contributed by atoms with Gasteiger partial charge in [0, 0.05) is 4.88 Å². The summed E-state index contributed by atoms with van der Waals surface area (Å²) < 4.78 is 0. The van der Waals surface area contributed by atoms with Crippen LogP contribution < -0.4 is 0 Å². The maximum absolute atomic E-state index is 2.34. The van der Waals surface area contributed by atoms with Crippen LogP contribution in [-0.4, -0.2) is 0 Å². The molecule has 0 atom stereocenters. The molecule has 0 nitrogen and oxygen atoms in total. The van der Waals surface area contributed by atoms with Crippen LogP contribution in [0.4, 0.5) is 0 Å². The molecule has 0 spiro atoms. The zero-order valence-corrected chi connectivity index (χ0v) is 9.26. The Labute approximate surface area is 93.9 Å². The molecular weight excluding hydrogens is 200 g/mol. The van der Waals surface area contributed by atoms with Crippen molar-refractivity contribution >= 4 is 23.0 Å². The highest BCUT2D eigenvalue weighted by molar-refractivity contribution is 7.11. The van der Waals surface area contributed by atoms with Crippen LogP contribution in [0.2, 0.25) is 0 Å². The lowest BCUT2D eigenvalue weighted by atomic mass is 9.92. The average molecular weight is 212 g/mol. The average Bonchev–Trinajstić information content (AvgIpc) is 2.82. The smallest absolute Gasteiger partial charge is 0.0302 e. The van der Waals surface area contributed by atoms with Crippen LogP contribution in [0.25, 0.3) is 11.6 Å². The molecule has 1 aliphatic carbocycles. The molecular formula is C14H12S. The topological polar surface area (TPSA) is 0 Å². The first kappa shape index (κ1) is 8.93. The number of allylic oxidation sites excluding steroid dienone is 1. The Kier molecular flexibility index (Phi) is 2.18. The van der Waals surface area contributed by atoms with Gasteiger partial charge < -0.3 is 0 Å². The molecule has 0 fully saturated rings. The first-order valence-corrected chi connectivity index (χ1v) is 6.14. The Hall–Kier alpha value is -1.34. The number of thiophene rings is 1. The molecule has 1 heterocycles. The van der Waals surface area contributed by atoms with E-state index in [1.165, 1.54) is 34.4 Å². The molecule has 2 aromatic rings. The third-order valence-electron chi connectivity index (χ3n) is 2.89. The highest BCUT2D eigenvalue weighted by atomic mass is 32.1. The second kappa shape index (κ2) is 3.67. The summed E-state index contributed by atoms with van der Waals surface area (Å²) in [7, 11) is 0. The number of hydrogen-bond donors (Lipinski definition) is 0. The monoisotopic (exact) mass is 212 g/mol. The lowest BCUT2D eigenvalue weighted by molar-refractivity contribution is 1.00. The second-order valence-corrected chi connectivity index (χ2v) is 4.79. The molecule has 1 aliphatic rings. The fourth-order valence-corrected chi connectivity index (χ4v) is 2.86. The van der Waals surface area contributed by atoms with Gasteiger partial charge in [0.2, 0.25) is 0 Å². The van der Waals surface area contributed by atoms with Crippen LogP contribution in [0, 0.1) is 0 Å². The maximum Gasteiger partial charge on any atom is 0.0302 e. The summed E-state index contributed by atoms with van der Waals surface area (Å²) in [4.78, 5) is 1.42. The van der Waals surface area contributed by atoms with Crippen LogP contribution in [0.5, 0.6) is 0 Å². The Morgan fingerprint density at radius 3 is 2.73 bits per heavy atom. The normalized spacial score (nSPS) is 14.5. The predicted molar refractivity (Wildman–Crippen MR) is 67.0 cm³/mol. The summed E-state index contributed by atoms with van der Waals surface area (Å²) in [6, 6.07) is 13.0. The van der Waals surface area contributed by atoms with Gasteiger partial charge in [-0.05, 0) is 41.0 Å². The molecule has 1 aromatic carbocycles. The molecule has 15 heavy (non-hydrogen) atoms. The van der Waals surface area contributed by atoms with Crippen molar-refractivity contribution in [1.82, 2.24) is 0 Å². The van der Waals surface area contributed by atoms with Gasteiger partial charge >= 0.3 is 0 Å². The minimum absolute atomic E-state index is 1.18. The van der Waals surface area contributed by atoms with Crippen LogP contribution in [0.15, 0.2) is 41.8 Å². The van der Waals surface area contributed by atoms with Crippen molar-refractivity contribution < 1.29 is 0 Å². The van der Waals surface area contributed by atoms with Gasteiger partial charge in [-0.3, -0.25) is 0 Å². The van der Waals surface area contributed by atoms with Gasteiger partial charge in [-0.15, -0.1) is 11.3 Å². The van der Waals surface area contributed by atoms with Crippen LogP contribution in [0.3, 0.4) is 0 Å². The summed E-state index contributed by atoms with van der Waals surface area (Å²) in [5.74, 6) is 0. The van der Waals surface area contributed by atoms with Crippen molar-refractivity contribution in [2.45, 2.75) is 12.8 Å². The van der Waals surface area contributed by atoms with Gasteiger partial charge in [-0.25, -0.2) is 0 Å². The number of hydrogen-bond acceptors (Lipinski definition) is 1. The third-order valence-corrected chi connectivity index (χ3v) is 3.83. The van der Waals surface area contributed by atoms with E-state index < -0.39 is 0 Å². The summed E-state index contributed by atoms with van der Waals surface area (Å²) >= 11 is 1.84. The lowest BCUT2D eigenvalue weighted by Crippen LogP contribution is -1.97. The quantitative estimate of drug-likeness (QED) is 0.663. The number of benzene rings is 1. The van der Waals surface area contributed by atoms with E-state index in [0.29, 0.717) is 0 Å². The number of fused-ring (bicyclic) bond motifs is 1. The van der Waals surface area contributed by atoms with Gasteiger partial charge in [0.05, 0.1) is 0 Å². The molecule has 0 bridgehead atoms. The van der Waals surface area contributed by atoms with Crippen molar-refractivity contribution in [2.75, 3.05) is 0 Å². The van der Waals surface area contributed by atoms with Crippen molar-refractivity contribution in [3.05, 3.63) is 57.8 Å². The van der Waals surface area contributed by atoms with E-state index in [1.807, 2.05) is 11.3 Å². The van der Waals surface area contributed by atoms with Gasteiger partial charge in [-0.1, -0.05) is 36.4 Å². The molecule has 0 saturated heterocycles. The second-order valence-electron chi connectivity index (χ2n) is 3.85. The lowest BCUT2D eigenvalue weighted by Gasteiger charge is -2.15. The molecule has 74 valence electrons. The first-order chi connectivity index (χ1) is 7.43. The molecule has 0 saturated carbocycles. The van der Waals surface area contributed by atoms with Crippen molar-refractivity contribution in [3.63, 3.8) is 0 Å².